The van der Waals surface area contributed by atoms with Gasteiger partial charge in [0.1, 0.15) is 6.10 Å². The van der Waals surface area contributed by atoms with Crippen molar-refractivity contribution in [3.05, 3.63) is 70.3 Å². The van der Waals surface area contributed by atoms with E-state index in [1.165, 1.54) is 22.3 Å². The van der Waals surface area contributed by atoms with Crippen molar-refractivity contribution in [2.24, 2.45) is 10.7 Å². The number of aliphatic hydroxyl groups is 1. The van der Waals surface area contributed by atoms with Crippen molar-refractivity contribution in [3.63, 3.8) is 0 Å². The molecule has 4 heteroatoms. The third-order valence-electron chi connectivity index (χ3n) is 4.32. The molecule has 3 nitrogen and oxygen atoms in total. The zero-order chi connectivity index (χ0) is 16.6. The normalized spacial score (nSPS) is 22.0. The van der Waals surface area contributed by atoms with Gasteiger partial charge in [-0.05, 0) is 43.0 Å². The molecule has 3 rings (SSSR count). The summed E-state index contributed by atoms with van der Waals surface area (Å²) in [5.74, 6) is 0. The molecule has 0 unspecified atom stereocenters. The SMILES string of the molecule is Cc1cc(C)c([C@@H]2SC(N)=N[C@H]2[C@@H](O)c2ccccc2)c(C)c1. The number of aliphatic hydroxyl groups excluding tert-OH is 1. The van der Waals surface area contributed by atoms with Gasteiger partial charge < -0.3 is 10.8 Å². The maximum absolute atomic E-state index is 10.8. The van der Waals surface area contributed by atoms with E-state index in [2.05, 4.69) is 37.9 Å². The van der Waals surface area contributed by atoms with E-state index in [1.54, 1.807) is 11.8 Å². The predicted octanol–water partition coefficient (Wildman–Crippen LogP) is 3.82. The second kappa shape index (κ2) is 6.38. The van der Waals surface area contributed by atoms with Crippen LogP contribution in [0.1, 0.15) is 39.2 Å². The van der Waals surface area contributed by atoms with Crippen LogP contribution in [0.15, 0.2) is 47.5 Å². The van der Waals surface area contributed by atoms with Crippen LogP contribution >= 0.6 is 11.8 Å². The monoisotopic (exact) mass is 326 g/mol. The highest BCUT2D eigenvalue weighted by Crippen LogP contribution is 2.46. The molecule has 3 atom stereocenters. The van der Waals surface area contributed by atoms with E-state index in [0.717, 1.165) is 5.56 Å². The Morgan fingerprint density at radius 1 is 1.09 bits per heavy atom. The first-order valence-electron chi connectivity index (χ1n) is 7.78. The molecule has 0 aliphatic carbocycles. The molecular formula is C19H22N2OS. The Balaban J connectivity index is 2.00. The van der Waals surface area contributed by atoms with Crippen molar-refractivity contribution in [3.8, 4) is 0 Å². The van der Waals surface area contributed by atoms with Crippen LogP contribution in [0.25, 0.3) is 0 Å². The molecule has 0 saturated carbocycles. The Labute approximate surface area is 141 Å². The van der Waals surface area contributed by atoms with Gasteiger partial charge in [0, 0.05) is 0 Å². The van der Waals surface area contributed by atoms with E-state index in [4.69, 9.17) is 5.73 Å². The van der Waals surface area contributed by atoms with Gasteiger partial charge in [-0.1, -0.05) is 59.8 Å². The van der Waals surface area contributed by atoms with Crippen molar-refractivity contribution < 1.29 is 5.11 Å². The van der Waals surface area contributed by atoms with Gasteiger partial charge >= 0.3 is 0 Å². The van der Waals surface area contributed by atoms with Crippen LogP contribution in [-0.2, 0) is 0 Å². The topological polar surface area (TPSA) is 58.6 Å². The molecule has 0 amide bonds. The van der Waals surface area contributed by atoms with Gasteiger partial charge in [-0.15, -0.1) is 0 Å². The molecular weight excluding hydrogens is 304 g/mol. The van der Waals surface area contributed by atoms with E-state index in [9.17, 15) is 5.11 Å². The summed E-state index contributed by atoms with van der Waals surface area (Å²) in [6, 6.07) is 13.8. The van der Waals surface area contributed by atoms with Crippen molar-refractivity contribution in [2.45, 2.75) is 38.2 Å². The molecule has 2 aromatic rings. The molecule has 0 spiro atoms. The van der Waals surface area contributed by atoms with Gasteiger partial charge in [0.2, 0.25) is 0 Å². The first kappa shape index (κ1) is 16.1. The van der Waals surface area contributed by atoms with Gasteiger partial charge in [-0.3, -0.25) is 4.99 Å². The van der Waals surface area contributed by atoms with Crippen LogP contribution in [0.2, 0.25) is 0 Å². The molecule has 120 valence electrons. The fourth-order valence-corrected chi connectivity index (χ4v) is 4.68. The Bertz CT molecular complexity index is 719. The summed E-state index contributed by atoms with van der Waals surface area (Å²) in [5.41, 5.74) is 11.8. The van der Waals surface area contributed by atoms with Crippen molar-refractivity contribution in [1.29, 1.82) is 0 Å². The number of nitrogens with zero attached hydrogens (tertiary/aromatic N) is 1. The highest BCUT2D eigenvalue weighted by atomic mass is 32.2. The van der Waals surface area contributed by atoms with Crippen molar-refractivity contribution in [1.82, 2.24) is 0 Å². The lowest BCUT2D eigenvalue weighted by Gasteiger charge is -2.25. The van der Waals surface area contributed by atoms with Crippen molar-refractivity contribution >= 4 is 16.9 Å². The summed E-state index contributed by atoms with van der Waals surface area (Å²) in [6.45, 7) is 6.35. The van der Waals surface area contributed by atoms with Crippen LogP contribution in [0.3, 0.4) is 0 Å². The maximum atomic E-state index is 10.8. The number of thioether (sulfide) groups is 1. The third-order valence-corrected chi connectivity index (χ3v) is 5.44. The number of benzene rings is 2. The number of aryl methyl sites for hydroxylation is 3. The molecule has 0 bridgehead atoms. The van der Waals surface area contributed by atoms with Crippen LogP contribution in [0, 0.1) is 20.8 Å². The minimum atomic E-state index is -0.658. The van der Waals surface area contributed by atoms with Gasteiger partial charge in [0.15, 0.2) is 5.17 Å². The predicted molar refractivity (Wildman–Crippen MR) is 97.8 cm³/mol. The minimum Gasteiger partial charge on any atom is -0.386 e. The zero-order valence-electron chi connectivity index (χ0n) is 13.7. The molecule has 0 fully saturated rings. The smallest absolute Gasteiger partial charge is 0.155 e. The number of hydrogen-bond acceptors (Lipinski definition) is 4. The Morgan fingerprint density at radius 3 is 2.30 bits per heavy atom. The fraction of sp³-hybridized carbons (Fsp3) is 0.316. The maximum Gasteiger partial charge on any atom is 0.155 e. The Morgan fingerprint density at radius 2 is 1.70 bits per heavy atom. The van der Waals surface area contributed by atoms with Crippen LogP contribution in [0.4, 0.5) is 0 Å². The largest absolute Gasteiger partial charge is 0.386 e. The average Bonchev–Trinajstić information content (AvgIpc) is 2.88. The van der Waals surface area contributed by atoms with E-state index < -0.39 is 6.10 Å². The zero-order valence-corrected chi connectivity index (χ0v) is 14.5. The Hall–Kier alpha value is -1.78. The molecule has 1 aliphatic heterocycles. The van der Waals surface area contributed by atoms with E-state index in [-0.39, 0.29) is 11.3 Å². The highest BCUT2D eigenvalue weighted by molar-refractivity contribution is 8.14. The third kappa shape index (κ3) is 3.14. The van der Waals surface area contributed by atoms with Crippen molar-refractivity contribution in [2.75, 3.05) is 0 Å². The summed E-state index contributed by atoms with van der Waals surface area (Å²) >= 11 is 1.55. The van der Waals surface area contributed by atoms with Crippen LogP contribution < -0.4 is 5.73 Å². The van der Waals surface area contributed by atoms with E-state index >= 15 is 0 Å². The lowest BCUT2D eigenvalue weighted by Crippen LogP contribution is -2.21. The summed E-state index contributed by atoms with van der Waals surface area (Å²) in [4.78, 5) is 4.53. The van der Waals surface area contributed by atoms with E-state index in [0.29, 0.717) is 5.17 Å². The summed E-state index contributed by atoms with van der Waals surface area (Å²) in [7, 11) is 0. The van der Waals surface area contributed by atoms with Gasteiger partial charge in [-0.25, -0.2) is 0 Å². The molecule has 2 aromatic carbocycles. The van der Waals surface area contributed by atoms with Gasteiger partial charge in [-0.2, -0.15) is 0 Å². The second-order valence-corrected chi connectivity index (χ2v) is 7.33. The van der Waals surface area contributed by atoms with Gasteiger partial charge in [0.25, 0.3) is 0 Å². The Kier molecular flexibility index (Phi) is 4.46. The number of amidine groups is 1. The average molecular weight is 326 g/mol. The quantitative estimate of drug-likeness (QED) is 0.901. The number of hydrogen-bond donors (Lipinski definition) is 2. The van der Waals surface area contributed by atoms with Gasteiger partial charge in [0.05, 0.1) is 11.3 Å². The standard InChI is InChI=1S/C19H22N2OS/c1-11-9-12(2)15(13(3)10-11)18-16(21-19(20)23-18)17(22)14-7-5-4-6-8-14/h4-10,16-18,22H,1-3H3,(H2,20,21)/t16-,17-,18-/m0/s1. The lowest BCUT2D eigenvalue weighted by molar-refractivity contribution is 0.147. The number of nitrogens with two attached hydrogens (primary N) is 1. The first-order valence-corrected chi connectivity index (χ1v) is 8.66. The molecule has 3 N–H and O–H groups in total. The molecule has 0 aromatic heterocycles. The van der Waals surface area contributed by atoms with Crippen LogP contribution in [-0.4, -0.2) is 16.3 Å². The van der Waals surface area contributed by atoms with Crippen LogP contribution in [0.5, 0.6) is 0 Å². The highest BCUT2D eigenvalue weighted by Gasteiger charge is 2.37. The molecule has 23 heavy (non-hydrogen) atoms. The first-order chi connectivity index (χ1) is 11.0. The molecule has 1 aliphatic rings. The lowest BCUT2D eigenvalue weighted by atomic mass is 9.90. The summed E-state index contributed by atoms with van der Waals surface area (Å²) in [5, 5.41) is 11.4. The van der Waals surface area contributed by atoms with E-state index in [1.807, 2.05) is 30.3 Å². The molecule has 0 saturated heterocycles. The second-order valence-electron chi connectivity index (χ2n) is 6.16. The summed E-state index contributed by atoms with van der Waals surface area (Å²) in [6.07, 6.45) is -0.658. The number of rotatable bonds is 3. The number of aliphatic imine (C=N–C) groups is 1. The minimum absolute atomic E-state index is 0.0470. The molecule has 0 radical (unpaired) electrons. The summed E-state index contributed by atoms with van der Waals surface area (Å²) < 4.78 is 0. The fourth-order valence-electron chi connectivity index (χ4n) is 3.40. The molecule has 1 heterocycles.